The van der Waals surface area contributed by atoms with Crippen molar-refractivity contribution in [1.82, 2.24) is 4.90 Å². The highest BCUT2D eigenvalue weighted by atomic mass is 32.2. The molecule has 2 aliphatic carbocycles. The van der Waals surface area contributed by atoms with Gasteiger partial charge in [0.05, 0.1) is 10.9 Å². The third-order valence-corrected chi connectivity index (χ3v) is 9.11. The van der Waals surface area contributed by atoms with E-state index in [1.807, 2.05) is 35.2 Å². The summed E-state index contributed by atoms with van der Waals surface area (Å²) in [6.07, 6.45) is 13.9. The SMILES string of the molecule is O=C1C(=Cc2ccccc2OCc2cccc3ccccc23)SC(=NC2CCCCC2)N1C1CCCCC1. The van der Waals surface area contributed by atoms with Crippen LogP contribution in [0.4, 0.5) is 0 Å². The molecule has 3 aromatic carbocycles. The second-order valence-corrected chi connectivity index (χ2v) is 11.8. The first kappa shape index (κ1) is 25.2. The zero-order chi connectivity index (χ0) is 25.7. The van der Waals surface area contributed by atoms with Crippen LogP contribution in [0.2, 0.25) is 0 Å². The molecule has 4 nitrogen and oxygen atoms in total. The number of fused-ring (bicyclic) bond motifs is 1. The lowest BCUT2D eigenvalue weighted by Gasteiger charge is -2.31. The number of ether oxygens (including phenoxy) is 1. The van der Waals surface area contributed by atoms with Gasteiger partial charge in [-0.1, -0.05) is 99.2 Å². The lowest BCUT2D eigenvalue weighted by molar-refractivity contribution is -0.124. The van der Waals surface area contributed by atoms with Gasteiger partial charge in [0.25, 0.3) is 5.91 Å². The smallest absolute Gasteiger partial charge is 0.267 e. The van der Waals surface area contributed by atoms with E-state index < -0.39 is 0 Å². The van der Waals surface area contributed by atoms with E-state index in [1.54, 1.807) is 11.8 Å². The molecule has 1 amide bonds. The minimum absolute atomic E-state index is 0.111. The predicted molar refractivity (Wildman–Crippen MR) is 158 cm³/mol. The molecule has 1 heterocycles. The number of nitrogens with zero attached hydrogens (tertiary/aromatic N) is 2. The Hall–Kier alpha value is -3.05. The Morgan fingerprint density at radius 2 is 1.55 bits per heavy atom. The number of amides is 1. The largest absolute Gasteiger partial charge is 0.488 e. The molecule has 3 fully saturated rings. The summed E-state index contributed by atoms with van der Waals surface area (Å²) in [6, 6.07) is 23.4. The monoisotopic (exact) mass is 524 g/mol. The van der Waals surface area contributed by atoms with Gasteiger partial charge in [0, 0.05) is 11.6 Å². The van der Waals surface area contributed by atoms with Gasteiger partial charge in [-0.2, -0.15) is 0 Å². The summed E-state index contributed by atoms with van der Waals surface area (Å²) in [5, 5.41) is 3.35. The van der Waals surface area contributed by atoms with Crippen molar-refractivity contribution in [2.75, 3.05) is 0 Å². The topological polar surface area (TPSA) is 41.9 Å². The second kappa shape index (κ2) is 11.8. The first-order chi connectivity index (χ1) is 18.8. The summed E-state index contributed by atoms with van der Waals surface area (Å²) in [5.74, 6) is 0.906. The van der Waals surface area contributed by atoms with E-state index in [4.69, 9.17) is 9.73 Å². The Balaban J connectivity index is 1.27. The Morgan fingerprint density at radius 3 is 2.39 bits per heavy atom. The highest BCUT2D eigenvalue weighted by Crippen LogP contribution is 2.39. The van der Waals surface area contributed by atoms with Gasteiger partial charge in [0.2, 0.25) is 0 Å². The Bertz CT molecular complexity index is 1350. The molecular weight excluding hydrogens is 488 g/mol. The summed E-state index contributed by atoms with van der Waals surface area (Å²) in [4.78, 5) is 21.8. The number of benzene rings is 3. The summed E-state index contributed by atoms with van der Waals surface area (Å²) in [5.41, 5.74) is 2.09. The minimum atomic E-state index is 0.111. The highest BCUT2D eigenvalue weighted by molar-refractivity contribution is 8.18. The maximum Gasteiger partial charge on any atom is 0.267 e. The number of carbonyl (C=O) groups excluding carboxylic acids is 1. The zero-order valence-corrected chi connectivity index (χ0v) is 22.8. The van der Waals surface area contributed by atoms with E-state index in [1.165, 1.54) is 49.3 Å². The van der Waals surface area contributed by atoms with Crippen molar-refractivity contribution in [3.05, 3.63) is 82.8 Å². The van der Waals surface area contributed by atoms with Crippen LogP contribution >= 0.6 is 11.8 Å². The molecule has 6 rings (SSSR count). The fourth-order valence-corrected chi connectivity index (χ4v) is 7.15. The molecule has 3 aliphatic rings. The van der Waals surface area contributed by atoms with Crippen LogP contribution in [0.3, 0.4) is 0 Å². The molecule has 0 N–H and O–H groups in total. The third kappa shape index (κ3) is 5.54. The fraction of sp³-hybridized carbons (Fsp3) is 0.394. The number of hydrogen-bond donors (Lipinski definition) is 0. The average molecular weight is 525 g/mol. The van der Waals surface area contributed by atoms with Gasteiger partial charge in [0.15, 0.2) is 5.17 Å². The Morgan fingerprint density at radius 1 is 0.842 bits per heavy atom. The molecule has 0 aromatic heterocycles. The highest BCUT2D eigenvalue weighted by Gasteiger charge is 2.39. The molecule has 0 radical (unpaired) electrons. The third-order valence-electron chi connectivity index (χ3n) is 8.11. The van der Waals surface area contributed by atoms with Crippen molar-refractivity contribution in [3.63, 3.8) is 0 Å². The molecule has 38 heavy (non-hydrogen) atoms. The number of thioether (sulfide) groups is 1. The van der Waals surface area contributed by atoms with E-state index >= 15 is 0 Å². The zero-order valence-electron chi connectivity index (χ0n) is 22.0. The van der Waals surface area contributed by atoms with E-state index in [9.17, 15) is 4.79 Å². The normalized spacial score (nSPS) is 21.6. The van der Waals surface area contributed by atoms with E-state index in [2.05, 4.69) is 42.5 Å². The first-order valence-corrected chi connectivity index (χ1v) is 15.1. The van der Waals surface area contributed by atoms with Gasteiger partial charge in [-0.3, -0.25) is 14.7 Å². The maximum absolute atomic E-state index is 13.8. The summed E-state index contributed by atoms with van der Waals surface area (Å²) < 4.78 is 6.36. The lowest BCUT2D eigenvalue weighted by atomic mass is 9.94. The van der Waals surface area contributed by atoms with E-state index in [-0.39, 0.29) is 11.9 Å². The first-order valence-electron chi connectivity index (χ1n) is 14.3. The standard InChI is InChI=1S/C33H36N2O2S/c36-32-31(38-33(34-27-16-3-1-4-17-27)35(32)28-18-5-2-6-19-28)22-25-13-8-10-21-30(25)37-23-26-15-11-14-24-12-7-9-20-29(24)26/h7-15,20-22,27-28H,1-6,16-19,23H2. The summed E-state index contributed by atoms with van der Waals surface area (Å²) in [7, 11) is 0. The van der Waals surface area contributed by atoms with Crippen LogP contribution in [0.1, 0.15) is 75.3 Å². The van der Waals surface area contributed by atoms with Gasteiger partial charge >= 0.3 is 0 Å². The maximum atomic E-state index is 13.8. The van der Waals surface area contributed by atoms with Crippen molar-refractivity contribution in [1.29, 1.82) is 0 Å². The number of rotatable bonds is 6. The number of hydrogen-bond acceptors (Lipinski definition) is 4. The Kier molecular flexibility index (Phi) is 7.82. The van der Waals surface area contributed by atoms with Gasteiger partial charge < -0.3 is 4.74 Å². The van der Waals surface area contributed by atoms with E-state index in [0.717, 1.165) is 52.6 Å². The fourth-order valence-electron chi connectivity index (χ4n) is 6.05. The van der Waals surface area contributed by atoms with Gasteiger partial charge in [0.1, 0.15) is 12.4 Å². The van der Waals surface area contributed by atoms with E-state index in [0.29, 0.717) is 12.6 Å². The summed E-state index contributed by atoms with van der Waals surface area (Å²) >= 11 is 1.57. The van der Waals surface area contributed by atoms with Crippen LogP contribution < -0.4 is 4.74 Å². The molecule has 0 unspecified atom stereocenters. The predicted octanol–water partition coefficient (Wildman–Crippen LogP) is 8.36. The van der Waals surface area contributed by atoms with Crippen LogP contribution in [0, 0.1) is 0 Å². The molecule has 3 aromatic rings. The number of amidine groups is 1. The van der Waals surface area contributed by atoms with Crippen molar-refractivity contribution in [2.24, 2.45) is 4.99 Å². The van der Waals surface area contributed by atoms with Gasteiger partial charge in [-0.15, -0.1) is 0 Å². The molecule has 0 atom stereocenters. The van der Waals surface area contributed by atoms with Crippen LogP contribution in [0.5, 0.6) is 5.75 Å². The molecule has 2 saturated carbocycles. The Labute approximate surface area is 230 Å². The van der Waals surface area contributed by atoms with Crippen LogP contribution in [-0.4, -0.2) is 28.1 Å². The lowest BCUT2D eigenvalue weighted by Crippen LogP contribution is -2.41. The van der Waals surface area contributed by atoms with Gasteiger partial charge in [-0.25, -0.2) is 0 Å². The molecule has 0 bridgehead atoms. The van der Waals surface area contributed by atoms with Crippen LogP contribution in [-0.2, 0) is 11.4 Å². The second-order valence-electron chi connectivity index (χ2n) is 10.7. The molecule has 196 valence electrons. The molecular formula is C33H36N2O2S. The average Bonchev–Trinajstić information content (AvgIpc) is 3.27. The molecule has 5 heteroatoms. The number of para-hydroxylation sites is 1. The summed E-state index contributed by atoms with van der Waals surface area (Å²) in [6.45, 7) is 0.477. The molecule has 1 aliphatic heterocycles. The molecule has 0 spiro atoms. The number of carbonyl (C=O) groups is 1. The van der Waals surface area contributed by atoms with Crippen LogP contribution in [0.15, 0.2) is 76.6 Å². The van der Waals surface area contributed by atoms with Crippen molar-refractivity contribution in [3.8, 4) is 5.75 Å². The van der Waals surface area contributed by atoms with Crippen molar-refractivity contribution in [2.45, 2.75) is 82.9 Å². The quantitative estimate of drug-likeness (QED) is 0.304. The van der Waals surface area contributed by atoms with Crippen molar-refractivity contribution < 1.29 is 9.53 Å². The van der Waals surface area contributed by atoms with Crippen molar-refractivity contribution >= 4 is 39.7 Å². The minimum Gasteiger partial charge on any atom is -0.488 e. The number of aliphatic imine (C=N–C) groups is 1. The molecule has 1 saturated heterocycles. The van der Waals surface area contributed by atoms with Crippen LogP contribution in [0.25, 0.3) is 16.8 Å². The van der Waals surface area contributed by atoms with Gasteiger partial charge in [-0.05, 0) is 65.9 Å².